The van der Waals surface area contributed by atoms with Crippen LogP contribution in [0.3, 0.4) is 0 Å². The molecule has 2 aromatic carbocycles. The summed E-state index contributed by atoms with van der Waals surface area (Å²) in [6.45, 7) is 7.44. The molecule has 0 unspecified atom stereocenters. The van der Waals surface area contributed by atoms with E-state index in [-0.39, 0.29) is 58.9 Å². The van der Waals surface area contributed by atoms with Crippen LogP contribution in [0, 0.1) is 57.1 Å². The van der Waals surface area contributed by atoms with E-state index in [1.165, 1.54) is 0 Å². The average Bonchev–Trinajstić information content (AvgIpc) is 3.00. The van der Waals surface area contributed by atoms with Crippen LogP contribution in [0.4, 0.5) is 0 Å². The van der Waals surface area contributed by atoms with Crippen molar-refractivity contribution in [3.63, 3.8) is 0 Å². The molecule has 1 aliphatic rings. The van der Waals surface area contributed by atoms with Crippen molar-refractivity contribution in [2.75, 3.05) is 0 Å². The van der Waals surface area contributed by atoms with Gasteiger partial charge in [0, 0.05) is 21.7 Å². The van der Waals surface area contributed by atoms with E-state index in [1.807, 2.05) is 72.8 Å². The van der Waals surface area contributed by atoms with E-state index in [2.05, 4.69) is 26.0 Å². The molecule has 0 radical (unpaired) electrons. The predicted molar refractivity (Wildman–Crippen MR) is 115 cm³/mol. The largest absolute Gasteiger partial charge is 0.358 e. The van der Waals surface area contributed by atoms with Crippen LogP contribution in [0.2, 0.25) is 0 Å². The fourth-order valence-corrected chi connectivity index (χ4v) is 1.30. The third kappa shape index (κ3) is 24.7. The van der Waals surface area contributed by atoms with Gasteiger partial charge in [-0.05, 0) is 0 Å². The molecular formula is C24H34Ti-8. The van der Waals surface area contributed by atoms with Gasteiger partial charge in [0.05, 0.1) is 0 Å². The minimum absolute atomic E-state index is 0. The predicted octanol–water partition coefficient (Wildman–Crippen LogP) is 7.29. The Morgan fingerprint density at radius 2 is 1.00 bits per heavy atom. The van der Waals surface area contributed by atoms with Crippen molar-refractivity contribution in [1.82, 2.24) is 0 Å². The van der Waals surface area contributed by atoms with E-state index in [1.54, 1.807) is 0 Å². The smallest absolute Gasteiger partial charge is 0 e. The first-order valence-electron chi connectivity index (χ1n) is 6.25. The number of allylic oxidation sites excluding steroid dienone is 4. The molecule has 1 aliphatic carbocycles. The van der Waals surface area contributed by atoms with Crippen LogP contribution in [-0.2, 0) is 21.7 Å². The Balaban J connectivity index is -0.0000000488. The van der Waals surface area contributed by atoms with Gasteiger partial charge in [-0.1, -0.05) is 12.1 Å². The van der Waals surface area contributed by atoms with Gasteiger partial charge >= 0.3 is 0 Å². The van der Waals surface area contributed by atoms with Gasteiger partial charge in [0.25, 0.3) is 0 Å². The molecule has 0 saturated heterocycles. The molecular weight excluding hydrogens is 336 g/mol. The monoisotopic (exact) mass is 370 g/mol. The maximum atomic E-state index is 3.72. The van der Waals surface area contributed by atoms with Crippen LogP contribution < -0.4 is 0 Å². The van der Waals surface area contributed by atoms with E-state index in [4.69, 9.17) is 0 Å². The number of benzene rings is 2. The van der Waals surface area contributed by atoms with Crippen molar-refractivity contribution in [1.29, 1.82) is 0 Å². The summed E-state index contributed by atoms with van der Waals surface area (Å²) in [4.78, 5) is 0. The van der Waals surface area contributed by atoms with Crippen molar-refractivity contribution in [2.24, 2.45) is 0 Å². The van der Waals surface area contributed by atoms with E-state index in [0.717, 1.165) is 17.5 Å². The van der Waals surface area contributed by atoms with Gasteiger partial charge in [-0.15, -0.1) is 30.7 Å². The van der Waals surface area contributed by atoms with Gasteiger partial charge in [-0.3, -0.25) is 6.08 Å². The maximum absolute atomic E-state index is 3.72. The summed E-state index contributed by atoms with van der Waals surface area (Å²) in [6.07, 6.45) is 10.0. The molecule has 1 heteroatoms. The van der Waals surface area contributed by atoms with Crippen LogP contribution in [0.15, 0.2) is 78.9 Å². The van der Waals surface area contributed by atoms with Crippen molar-refractivity contribution in [3.05, 3.63) is 147 Å². The summed E-state index contributed by atoms with van der Waals surface area (Å²) in [7, 11) is 0. The van der Waals surface area contributed by atoms with E-state index in [0.29, 0.717) is 0 Å². The zero-order chi connectivity index (χ0) is 13.8. The molecule has 0 aliphatic heterocycles. The SMILES string of the molecule is [C-]1=CC=CC1.[CH2-]c1ccccc1.[CH2-]c1ccccc1.[CH3-].[CH3-].[CH3-].[CH3-].[CH3-].[Ti]. The van der Waals surface area contributed by atoms with Crippen LogP contribution in [0.5, 0.6) is 0 Å². The Labute approximate surface area is 175 Å². The Morgan fingerprint density at radius 1 is 0.640 bits per heavy atom. The standard InChI is InChI=1S/2C7H7.C5H5.5CH3.Ti/c2*1-7-5-3-2-4-6-7;1-2-4-5-3-1;;;;;;/h2*2-6H,1H2;1-3H,4H2;5*1H3;/q8*-1;. The molecule has 3 rings (SSSR count). The molecule has 0 heterocycles. The molecule has 0 saturated carbocycles. The molecule has 0 aromatic heterocycles. The first-order valence-corrected chi connectivity index (χ1v) is 6.25. The molecule has 0 N–H and O–H groups in total. The van der Waals surface area contributed by atoms with Crippen LogP contribution in [0.25, 0.3) is 0 Å². The summed E-state index contributed by atoms with van der Waals surface area (Å²) in [5.41, 5.74) is 2.14. The van der Waals surface area contributed by atoms with Gasteiger partial charge < -0.3 is 37.1 Å². The average molecular weight is 370 g/mol. The fourth-order valence-electron chi connectivity index (χ4n) is 1.30. The van der Waals surface area contributed by atoms with Gasteiger partial charge in [-0.2, -0.15) is 55.3 Å². The fraction of sp³-hybridized carbons (Fsp3) is 0.0417. The minimum atomic E-state index is 0. The van der Waals surface area contributed by atoms with Crippen LogP contribution in [-0.4, -0.2) is 0 Å². The Hall–Kier alpha value is -1.63. The summed E-state index contributed by atoms with van der Waals surface area (Å²) in [6, 6.07) is 19.7. The third-order valence-electron chi connectivity index (χ3n) is 2.27. The van der Waals surface area contributed by atoms with Crippen molar-refractivity contribution in [3.8, 4) is 0 Å². The number of hydrogen-bond donors (Lipinski definition) is 0. The molecule has 0 spiro atoms. The molecule has 0 amide bonds. The summed E-state index contributed by atoms with van der Waals surface area (Å²) < 4.78 is 0. The topological polar surface area (TPSA) is 0 Å². The molecule has 0 bridgehead atoms. The Morgan fingerprint density at radius 3 is 1.12 bits per heavy atom. The molecule has 142 valence electrons. The summed E-state index contributed by atoms with van der Waals surface area (Å²) in [5.74, 6) is 0. The number of rotatable bonds is 0. The zero-order valence-corrected chi connectivity index (χ0v) is 18.2. The Bertz CT molecular complexity index is 437. The van der Waals surface area contributed by atoms with E-state index in [9.17, 15) is 0 Å². The van der Waals surface area contributed by atoms with Crippen molar-refractivity contribution in [2.45, 2.75) is 6.42 Å². The maximum Gasteiger partial charge on any atom is 0 e. The second-order valence-corrected chi connectivity index (χ2v) is 3.97. The second-order valence-electron chi connectivity index (χ2n) is 3.97. The normalized spacial score (nSPS) is 8.32. The quantitative estimate of drug-likeness (QED) is 0.337. The van der Waals surface area contributed by atoms with Crippen LogP contribution in [0.1, 0.15) is 17.5 Å². The van der Waals surface area contributed by atoms with Crippen molar-refractivity contribution >= 4 is 0 Å². The van der Waals surface area contributed by atoms with Crippen LogP contribution >= 0.6 is 0 Å². The minimum Gasteiger partial charge on any atom is -0.358 e. The first-order chi connectivity index (χ1) is 9.29. The van der Waals surface area contributed by atoms with Crippen molar-refractivity contribution < 1.29 is 21.7 Å². The third-order valence-corrected chi connectivity index (χ3v) is 2.27. The summed E-state index contributed by atoms with van der Waals surface area (Å²) >= 11 is 0. The molecule has 0 nitrogen and oxygen atoms in total. The Kier molecular flexibility index (Phi) is 42.2. The van der Waals surface area contributed by atoms with E-state index >= 15 is 0 Å². The first kappa shape index (κ1) is 38.8. The van der Waals surface area contributed by atoms with Gasteiger partial charge in [0.1, 0.15) is 0 Å². The number of hydrogen-bond acceptors (Lipinski definition) is 0. The van der Waals surface area contributed by atoms with Gasteiger partial charge in [0.15, 0.2) is 0 Å². The van der Waals surface area contributed by atoms with E-state index < -0.39 is 0 Å². The molecule has 25 heavy (non-hydrogen) atoms. The molecule has 0 fully saturated rings. The van der Waals surface area contributed by atoms with Gasteiger partial charge in [0.2, 0.25) is 0 Å². The molecule has 0 atom stereocenters. The zero-order valence-electron chi connectivity index (χ0n) is 16.6. The second kappa shape index (κ2) is 27.2. The van der Waals surface area contributed by atoms with Gasteiger partial charge in [-0.25, -0.2) is 12.2 Å². The summed E-state index contributed by atoms with van der Waals surface area (Å²) in [5, 5.41) is 0. The molecule has 2 aromatic rings.